The van der Waals surface area contributed by atoms with Crippen LogP contribution < -0.4 is 5.32 Å². The standard InChI is InChI=1S/C13H16FNO4/c14-11-4-2-1-3-10(11)5-6-12(19)15-13(7-16,8-17)9-18/h1-6,16-18H,7-9H2,(H,15,19)/b6-5+. The molecule has 0 saturated heterocycles. The molecule has 0 aliphatic carbocycles. The number of benzene rings is 1. The van der Waals surface area contributed by atoms with Crippen LogP contribution in [-0.4, -0.2) is 46.6 Å². The zero-order valence-electron chi connectivity index (χ0n) is 10.2. The van der Waals surface area contributed by atoms with Gasteiger partial charge in [-0.15, -0.1) is 0 Å². The maximum absolute atomic E-state index is 13.3. The number of aliphatic hydroxyl groups is 3. The largest absolute Gasteiger partial charge is 0.394 e. The maximum atomic E-state index is 13.3. The van der Waals surface area contributed by atoms with E-state index in [2.05, 4.69) is 5.32 Å². The number of carbonyl (C=O) groups is 1. The third kappa shape index (κ3) is 4.13. The van der Waals surface area contributed by atoms with E-state index in [1.807, 2.05) is 0 Å². The monoisotopic (exact) mass is 269 g/mol. The van der Waals surface area contributed by atoms with Crippen LogP contribution in [0.2, 0.25) is 0 Å². The molecule has 0 aromatic heterocycles. The highest BCUT2D eigenvalue weighted by molar-refractivity contribution is 5.92. The highest BCUT2D eigenvalue weighted by atomic mass is 19.1. The van der Waals surface area contributed by atoms with E-state index in [4.69, 9.17) is 15.3 Å². The van der Waals surface area contributed by atoms with Crippen molar-refractivity contribution in [3.05, 3.63) is 41.7 Å². The van der Waals surface area contributed by atoms with E-state index in [1.54, 1.807) is 6.07 Å². The Hall–Kier alpha value is -1.76. The third-order valence-electron chi connectivity index (χ3n) is 2.62. The number of aliphatic hydroxyl groups excluding tert-OH is 3. The van der Waals surface area contributed by atoms with Crippen molar-refractivity contribution in [2.45, 2.75) is 5.54 Å². The van der Waals surface area contributed by atoms with Gasteiger partial charge in [-0.05, 0) is 12.1 Å². The van der Waals surface area contributed by atoms with Gasteiger partial charge >= 0.3 is 0 Å². The first kappa shape index (κ1) is 15.3. The van der Waals surface area contributed by atoms with Crippen molar-refractivity contribution in [1.82, 2.24) is 5.32 Å². The summed E-state index contributed by atoms with van der Waals surface area (Å²) in [5, 5.41) is 29.4. The van der Waals surface area contributed by atoms with Crippen LogP contribution in [0.3, 0.4) is 0 Å². The van der Waals surface area contributed by atoms with Gasteiger partial charge in [-0.1, -0.05) is 18.2 Å². The van der Waals surface area contributed by atoms with Gasteiger partial charge in [0.1, 0.15) is 11.4 Å². The highest BCUT2D eigenvalue weighted by Crippen LogP contribution is 2.08. The second kappa shape index (κ2) is 6.98. The van der Waals surface area contributed by atoms with Crippen LogP contribution >= 0.6 is 0 Å². The minimum absolute atomic E-state index is 0.236. The zero-order valence-corrected chi connectivity index (χ0v) is 10.2. The molecule has 4 N–H and O–H groups in total. The van der Waals surface area contributed by atoms with E-state index in [9.17, 15) is 9.18 Å². The van der Waals surface area contributed by atoms with Crippen LogP contribution in [0.15, 0.2) is 30.3 Å². The minimum Gasteiger partial charge on any atom is -0.394 e. The Morgan fingerprint density at radius 2 is 1.79 bits per heavy atom. The molecule has 0 fully saturated rings. The normalized spacial score (nSPS) is 11.8. The molecule has 0 atom stereocenters. The number of amides is 1. The number of nitrogens with one attached hydrogen (secondary N) is 1. The average Bonchev–Trinajstić information content (AvgIpc) is 2.44. The van der Waals surface area contributed by atoms with Crippen LogP contribution in [0, 0.1) is 5.82 Å². The molecule has 0 bridgehead atoms. The topological polar surface area (TPSA) is 89.8 Å². The van der Waals surface area contributed by atoms with Gasteiger partial charge < -0.3 is 20.6 Å². The lowest BCUT2D eigenvalue weighted by Gasteiger charge is -2.27. The molecule has 1 aromatic rings. The molecular formula is C13H16FNO4. The Bertz CT molecular complexity index is 449. The SMILES string of the molecule is O=C(/C=C/c1ccccc1F)NC(CO)(CO)CO. The quantitative estimate of drug-likeness (QED) is 0.532. The third-order valence-corrected chi connectivity index (χ3v) is 2.62. The zero-order chi connectivity index (χ0) is 14.3. The van der Waals surface area contributed by atoms with Crippen molar-refractivity contribution in [3.8, 4) is 0 Å². The van der Waals surface area contributed by atoms with Crippen LogP contribution in [-0.2, 0) is 4.79 Å². The molecule has 1 amide bonds. The molecule has 0 saturated carbocycles. The number of hydrogen-bond acceptors (Lipinski definition) is 4. The highest BCUT2D eigenvalue weighted by Gasteiger charge is 2.29. The first-order chi connectivity index (χ1) is 9.06. The lowest BCUT2D eigenvalue weighted by molar-refractivity contribution is -0.120. The Balaban J connectivity index is 2.73. The molecule has 0 aliphatic heterocycles. The molecule has 6 heteroatoms. The van der Waals surface area contributed by atoms with E-state index >= 15 is 0 Å². The average molecular weight is 269 g/mol. The Morgan fingerprint density at radius 3 is 2.32 bits per heavy atom. The molecule has 104 valence electrons. The Labute approximate surface area is 110 Å². The lowest BCUT2D eigenvalue weighted by atomic mass is 10.0. The molecule has 5 nitrogen and oxygen atoms in total. The second-order valence-corrected chi connectivity index (χ2v) is 4.10. The fourth-order valence-corrected chi connectivity index (χ4v) is 1.35. The van der Waals surface area contributed by atoms with E-state index in [0.29, 0.717) is 0 Å². The van der Waals surface area contributed by atoms with Crippen molar-refractivity contribution in [1.29, 1.82) is 0 Å². The van der Waals surface area contributed by atoms with Gasteiger partial charge in [0, 0.05) is 11.6 Å². The molecule has 0 aliphatic rings. The summed E-state index contributed by atoms with van der Waals surface area (Å²) in [5.74, 6) is -1.12. The molecule has 1 rings (SSSR count). The summed E-state index contributed by atoms with van der Waals surface area (Å²) in [6.07, 6.45) is 2.33. The van der Waals surface area contributed by atoms with Crippen molar-refractivity contribution in [3.63, 3.8) is 0 Å². The molecule has 0 unspecified atom stereocenters. The maximum Gasteiger partial charge on any atom is 0.244 e. The first-order valence-corrected chi connectivity index (χ1v) is 5.64. The van der Waals surface area contributed by atoms with E-state index in [-0.39, 0.29) is 5.56 Å². The summed E-state index contributed by atoms with van der Waals surface area (Å²) in [6.45, 7) is -1.84. The van der Waals surface area contributed by atoms with Gasteiger partial charge in [-0.3, -0.25) is 4.79 Å². The molecule has 19 heavy (non-hydrogen) atoms. The number of rotatable bonds is 6. The van der Waals surface area contributed by atoms with Crippen molar-refractivity contribution >= 4 is 12.0 Å². The van der Waals surface area contributed by atoms with E-state index in [0.717, 1.165) is 6.08 Å². The molecule has 1 aromatic carbocycles. The van der Waals surface area contributed by atoms with E-state index in [1.165, 1.54) is 24.3 Å². The van der Waals surface area contributed by atoms with Crippen molar-refractivity contribution in [2.24, 2.45) is 0 Å². The summed E-state index contributed by atoms with van der Waals surface area (Å²) in [4.78, 5) is 11.6. The fourth-order valence-electron chi connectivity index (χ4n) is 1.35. The second-order valence-electron chi connectivity index (χ2n) is 4.10. The van der Waals surface area contributed by atoms with Gasteiger partial charge in [0.15, 0.2) is 0 Å². The minimum atomic E-state index is -1.49. The summed E-state index contributed by atoms with van der Waals surface area (Å²) in [7, 11) is 0. The van der Waals surface area contributed by atoms with Gasteiger partial charge in [0.05, 0.1) is 19.8 Å². The number of hydrogen-bond donors (Lipinski definition) is 4. The molecule has 0 radical (unpaired) electrons. The van der Waals surface area contributed by atoms with Crippen molar-refractivity contribution in [2.75, 3.05) is 19.8 Å². The van der Waals surface area contributed by atoms with Crippen LogP contribution in [0.25, 0.3) is 6.08 Å². The van der Waals surface area contributed by atoms with Gasteiger partial charge in [-0.2, -0.15) is 0 Å². The van der Waals surface area contributed by atoms with Gasteiger partial charge in [0.25, 0.3) is 0 Å². The molecule has 0 heterocycles. The van der Waals surface area contributed by atoms with Gasteiger partial charge in [-0.25, -0.2) is 4.39 Å². The van der Waals surface area contributed by atoms with Crippen molar-refractivity contribution < 1.29 is 24.5 Å². The summed E-state index contributed by atoms with van der Waals surface area (Å²) >= 11 is 0. The van der Waals surface area contributed by atoms with E-state index < -0.39 is 37.1 Å². The first-order valence-electron chi connectivity index (χ1n) is 5.64. The Kier molecular flexibility index (Phi) is 5.62. The Morgan fingerprint density at radius 1 is 1.21 bits per heavy atom. The molecular weight excluding hydrogens is 253 g/mol. The van der Waals surface area contributed by atoms with Crippen LogP contribution in [0.5, 0.6) is 0 Å². The summed E-state index contributed by atoms with van der Waals surface area (Å²) in [6, 6.07) is 5.91. The smallest absolute Gasteiger partial charge is 0.244 e. The number of halogens is 1. The fraction of sp³-hybridized carbons (Fsp3) is 0.308. The van der Waals surface area contributed by atoms with Crippen LogP contribution in [0.1, 0.15) is 5.56 Å². The predicted octanol–water partition coefficient (Wildman–Crippen LogP) is -0.329. The predicted molar refractivity (Wildman–Crippen MR) is 67.6 cm³/mol. The summed E-state index contributed by atoms with van der Waals surface area (Å²) in [5.41, 5.74) is -1.25. The molecule has 0 spiro atoms. The number of carbonyl (C=O) groups excluding carboxylic acids is 1. The van der Waals surface area contributed by atoms with Gasteiger partial charge in [0.2, 0.25) is 5.91 Å². The lowest BCUT2D eigenvalue weighted by Crippen LogP contribution is -2.56. The summed E-state index contributed by atoms with van der Waals surface area (Å²) < 4.78 is 13.3. The van der Waals surface area contributed by atoms with Crippen LogP contribution in [0.4, 0.5) is 4.39 Å².